The highest BCUT2D eigenvalue weighted by Gasteiger charge is 2.21. The Labute approximate surface area is 109 Å². The number of rotatable bonds is 2. The van der Waals surface area contributed by atoms with E-state index in [1.807, 2.05) is 0 Å². The molecule has 2 rings (SSSR count). The van der Waals surface area contributed by atoms with Crippen LogP contribution in [0.5, 0.6) is 0 Å². The molecule has 1 nitrogen and oxygen atoms in total. The van der Waals surface area contributed by atoms with Crippen molar-refractivity contribution in [2.45, 2.75) is 20.0 Å². The lowest BCUT2D eigenvalue weighted by atomic mass is 9.97. The van der Waals surface area contributed by atoms with Gasteiger partial charge in [0.2, 0.25) is 0 Å². The maximum absolute atomic E-state index is 13.9. The maximum Gasteiger partial charge on any atom is 0.135 e. The van der Waals surface area contributed by atoms with Gasteiger partial charge in [0.1, 0.15) is 23.6 Å². The molecular formula is C15H13F3O. The number of benzene rings is 2. The van der Waals surface area contributed by atoms with Gasteiger partial charge in [0.15, 0.2) is 0 Å². The summed E-state index contributed by atoms with van der Waals surface area (Å²) in [5.74, 6) is -2.19. The summed E-state index contributed by atoms with van der Waals surface area (Å²) < 4.78 is 41.0. The fourth-order valence-electron chi connectivity index (χ4n) is 1.87. The van der Waals surface area contributed by atoms with Crippen LogP contribution in [-0.4, -0.2) is 5.11 Å². The zero-order chi connectivity index (χ0) is 14.2. The fourth-order valence-corrected chi connectivity index (χ4v) is 1.87. The van der Waals surface area contributed by atoms with E-state index in [0.717, 1.165) is 12.1 Å². The summed E-state index contributed by atoms with van der Waals surface area (Å²) in [5.41, 5.74) is 0.291. The van der Waals surface area contributed by atoms with Crippen molar-refractivity contribution in [3.8, 4) is 0 Å². The van der Waals surface area contributed by atoms with E-state index in [0.29, 0.717) is 5.56 Å². The Morgan fingerprint density at radius 3 is 2.16 bits per heavy atom. The molecule has 2 aromatic carbocycles. The predicted octanol–water partition coefficient (Wildman–Crippen LogP) is 3.80. The first-order chi connectivity index (χ1) is 8.91. The van der Waals surface area contributed by atoms with E-state index in [4.69, 9.17) is 0 Å². The van der Waals surface area contributed by atoms with Gasteiger partial charge in [0.25, 0.3) is 0 Å². The van der Waals surface area contributed by atoms with E-state index < -0.39 is 29.1 Å². The molecule has 1 N–H and O–H groups in total. The van der Waals surface area contributed by atoms with Crippen molar-refractivity contribution < 1.29 is 18.3 Å². The van der Waals surface area contributed by atoms with E-state index in [9.17, 15) is 18.3 Å². The van der Waals surface area contributed by atoms with Crippen LogP contribution in [0.25, 0.3) is 0 Å². The molecule has 0 aliphatic carbocycles. The van der Waals surface area contributed by atoms with Crippen molar-refractivity contribution in [1.82, 2.24) is 0 Å². The minimum Gasteiger partial charge on any atom is -0.383 e. The van der Waals surface area contributed by atoms with Crippen LogP contribution in [0.15, 0.2) is 30.3 Å². The molecule has 1 unspecified atom stereocenters. The van der Waals surface area contributed by atoms with Crippen LogP contribution in [0.1, 0.15) is 28.4 Å². The molecule has 0 aromatic heterocycles. The molecule has 0 bridgehead atoms. The number of halogens is 3. The number of hydrogen-bond donors (Lipinski definition) is 1. The van der Waals surface area contributed by atoms with E-state index in [1.165, 1.54) is 25.1 Å². The molecule has 0 aliphatic heterocycles. The van der Waals surface area contributed by atoms with Crippen LogP contribution in [0.2, 0.25) is 0 Å². The summed E-state index contributed by atoms with van der Waals surface area (Å²) in [6, 6.07) is 6.36. The van der Waals surface area contributed by atoms with E-state index >= 15 is 0 Å². The largest absolute Gasteiger partial charge is 0.383 e. The number of hydrogen-bond acceptors (Lipinski definition) is 1. The van der Waals surface area contributed by atoms with Gasteiger partial charge in [-0.3, -0.25) is 0 Å². The van der Waals surface area contributed by atoms with Crippen molar-refractivity contribution in [2.24, 2.45) is 0 Å². The van der Waals surface area contributed by atoms with Crippen molar-refractivity contribution >= 4 is 0 Å². The van der Waals surface area contributed by atoms with Gasteiger partial charge in [0.05, 0.1) is 5.56 Å². The molecule has 0 spiro atoms. The highest BCUT2D eigenvalue weighted by Crippen LogP contribution is 2.29. The molecule has 1 atom stereocenters. The summed E-state index contributed by atoms with van der Waals surface area (Å²) in [6.45, 7) is 3.04. The lowest BCUT2D eigenvalue weighted by Crippen LogP contribution is -2.07. The molecule has 0 saturated carbocycles. The number of aliphatic hydroxyl groups is 1. The topological polar surface area (TPSA) is 20.2 Å². The van der Waals surface area contributed by atoms with E-state index in [1.54, 1.807) is 6.92 Å². The molecule has 0 radical (unpaired) electrons. The molecule has 0 fully saturated rings. The smallest absolute Gasteiger partial charge is 0.135 e. The predicted molar refractivity (Wildman–Crippen MR) is 66.3 cm³/mol. The van der Waals surface area contributed by atoms with Crippen LogP contribution in [0, 0.1) is 31.3 Å². The fraction of sp³-hybridized carbons (Fsp3) is 0.200. The van der Waals surface area contributed by atoms with Crippen molar-refractivity contribution in [3.63, 3.8) is 0 Å². The van der Waals surface area contributed by atoms with Crippen LogP contribution in [0.4, 0.5) is 13.2 Å². The first-order valence-electron chi connectivity index (χ1n) is 5.80. The standard InChI is InChI=1S/C15H13F3O/c1-8-3-5-10(7-12(8)17)15(19)13-11(16)6-4-9(2)14(13)18/h3-7,15,19H,1-2H3. The third-order valence-electron chi connectivity index (χ3n) is 3.10. The molecule has 0 saturated heterocycles. The molecule has 0 heterocycles. The Balaban J connectivity index is 2.52. The first-order valence-corrected chi connectivity index (χ1v) is 5.80. The minimum absolute atomic E-state index is 0.117. The number of aliphatic hydroxyl groups excluding tert-OH is 1. The second kappa shape index (κ2) is 5.05. The average Bonchev–Trinajstić information content (AvgIpc) is 2.37. The normalized spacial score (nSPS) is 12.5. The van der Waals surface area contributed by atoms with Crippen molar-refractivity contribution in [1.29, 1.82) is 0 Å². The van der Waals surface area contributed by atoms with Gasteiger partial charge in [-0.2, -0.15) is 0 Å². The Morgan fingerprint density at radius 2 is 1.53 bits per heavy atom. The zero-order valence-corrected chi connectivity index (χ0v) is 10.5. The van der Waals surface area contributed by atoms with Gasteiger partial charge in [-0.1, -0.05) is 18.2 Å². The zero-order valence-electron chi connectivity index (χ0n) is 10.5. The highest BCUT2D eigenvalue weighted by atomic mass is 19.1. The number of aryl methyl sites for hydroxylation is 2. The van der Waals surface area contributed by atoms with Crippen LogP contribution >= 0.6 is 0 Å². The van der Waals surface area contributed by atoms with Gasteiger partial charge in [-0.15, -0.1) is 0 Å². The third-order valence-corrected chi connectivity index (χ3v) is 3.10. The Kier molecular flexibility index (Phi) is 3.62. The summed E-state index contributed by atoms with van der Waals surface area (Å²) in [5, 5.41) is 10.0. The van der Waals surface area contributed by atoms with Crippen LogP contribution in [0.3, 0.4) is 0 Å². The SMILES string of the molecule is Cc1ccc(C(O)c2c(F)ccc(C)c2F)cc1F. The van der Waals surface area contributed by atoms with E-state index in [-0.39, 0.29) is 11.1 Å². The minimum atomic E-state index is -1.53. The summed E-state index contributed by atoms with van der Waals surface area (Å²) >= 11 is 0. The van der Waals surface area contributed by atoms with Crippen molar-refractivity contribution in [3.05, 3.63) is 70.0 Å². The Hall–Kier alpha value is -1.81. The Bertz CT molecular complexity index is 623. The van der Waals surface area contributed by atoms with Gasteiger partial charge < -0.3 is 5.11 Å². The molecule has 100 valence electrons. The van der Waals surface area contributed by atoms with E-state index in [2.05, 4.69) is 0 Å². The second-order valence-corrected chi connectivity index (χ2v) is 4.50. The average molecular weight is 266 g/mol. The molecule has 0 amide bonds. The van der Waals surface area contributed by atoms with Gasteiger partial charge >= 0.3 is 0 Å². The third kappa shape index (κ3) is 2.49. The molecule has 0 aliphatic rings. The Morgan fingerprint density at radius 1 is 0.895 bits per heavy atom. The quantitative estimate of drug-likeness (QED) is 0.876. The van der Waals surface area contributed by atoms with Gasteiger partial charge in [-0.05, 0) is 42.7 Å². The monoisotopic (exact) mass is 266 g/mol. The highest BCUT2D eigenvalue weighted by molar-refractivity contribution is 5.36. The molecule has 2 aromatic rings. The molecule has 4 heteroatoms. The van der Waals surface area contributed by atoms with Crippen molar-refractivity contribution in [2.75, 3.05) is 0 Å². The lowest BCUT2D eigenvalue weighted by Gasteiger charge is -2.15. The van der Waals surface area contributed by atoms with Crippen LogP contribution in [-0.2, 0) is 0 Å². The summed E-state index contributed by atoms with van der Waals surface area (Å²) in [4.78, 5) is 0. The molecular weight excluding hydrogens is 253 g/mol. The molecule has 19 heavy (non-hydrogen) atoms. The van der Waals surface area contributed by atoms with Gasteiger partial charge in [0, 0.05) is 0 Å². The van der Waals surface area contributed by atoms with Crippen LogP contribution < -0.4 is 0 Å². The summed E-state index contributed by atoms with van der Waals surface area (Å²) in [6.07, 6.45) is -1.53. The maximum atomic E-state index is 13.9. The summed E-state index contributed by atoms with van der Waals surface area (Å²) in [7, 11) is 0. The van der Waals surface area contributed by atoms with Gasteiger partial charge in [-0.25, -0.2) is 13.2 Å². The second-order valence-electron chi connectivity index (χ2n) is 4.50. The lowest BCUT2D eigenvalue weighted by molar-refractivity contribution is 0.208. The first kappa shape index (κ1) is 13.6.